The van der Waals surface area contributed by atoms with Gasteiger partial charge in [0.25, 0.3) is 17.7 Å². The Kier molecular flexibility index (Phi) is 22.8. The molecule has 0 radical (unpaired) electrons. The molecule has 100 heavy (non-hydrogen) atoms. The molecule has 0 saturated carbocycles. The van der Waals surface area contributed by atoms with Crippen LogP contribution in [-0.4, -0.2) is 127 Å². The first-order valence-electron chi connectivity index (χ1n) is 31.9. The van der Waals surface area contributed by atoms with Crippen molar-refractivity contribution in [3.8, 4) is 23.0 Å². The van der Waals surface area contributed by atoms with Crippen LogP contribution in [0.2, 0.25) is 0 Å². The van der Waals surface area contributed by atoms with Crippen LogP contribution in [0.4, 0.5) is 39.8 Å². The van der Waals surface area contributed by atoms with E-state index in [-0.39, 0.29) is 90.0 Å². The summed E-state index contributed by atoms with van der Waals surface area (Å²) in [6, 6.07) is 40.2. The van der Waals surface area contributed by atoms with E-state index in [0.29, 0.717) is 92.1 Å². The van der Waals surface area contributed by atoms with Gasteiger partial charge in [0.15, 0.2) is 28.8 Å². The van der Waals surface area contributed by atoms with E-state index < -0.39 is 0 Å². The van der Waals surface area contributed by atoms with Crippen molar-refractivity contribution in [2.75, 3.05) is 80.2 Å². The number of nitrogens with zero attached hydrogens (tertiary/aromatic N) is 6. The number of ether oxygens (including phenoxy) is 5. The molecule has 1 unspecified atom stereocenters. The first-order chi connectivity index (χ1) is 48.0. The predicted octanol–water partition coefficient (Wildman–Crippen LogP) is 11.5. The van der Waals surface area contributed by atoms with E-state index in [1.807, 2.05) is 133 Å². The van der Waals surface area contributed by atoms with Crippen molar-refractivity contribution < 1.29 is 88.5 Å². The van der Waals surface area contributed by atoms with Crippen molar-refractivity contribution in [2.45, 2.75) is 50.7 Å². The van der Waals surface area contributed by atoms with Gasteiger partial charge in [-0.2, -0.15) is 0 Å². The number of thiophene rings is 2. The van der Waals surface area contributed by atoms with Gasteiger partial charge >= 0.3 is 41.5 Å². The molecule has 26 heteroatoms. The molecule has 4 aromatic heterocycles. The smallest absolute Gasteiger partial charge is 1.00 e. The number of fused-ring (bicyclic) bond motifs is 10. The zero-order chi connectivity index (χ0) is 69.4. The van der Waals surface area contributed by atoms with Gasteiger partial charge in [-0.15, -0.1) is 34.3 Å². The number of carbonyl (C=O) groups excluding carboxylic acids is 6. The molecule has 0 saturated heterocycles. The van der Waals surface area contributed by atoms with Crippen LogP contribution >= 0.6 is 34.3 Å². The number of para-hydroxylation sites is 1. The van der Waals surface area contributed by atoms with Gasteiger partial charge in [-0.25, -0.2) is 14.6 Å². The van der Waals surface area contributed by atoms with Gasteiger partial charge in [0.2, 0.25) is 0 Å². The monoisotopic (exact) mass is 1410 g/mol. The van der Waals surface area contributed by atoms with Gasteiger partial charge in [0.05, 0.1) is 75.7 Å². The summed E-state index contributed by atoms with van der Waals surface area (Å²) in [6.07, 6.45) is 11.6. The number of alkyl halides is 1. The summed E-state index contributed by atoms with van der Waals surface area (Å²) in [5, 5.41) is 24.2. The fourth-order valence-electron chi connectivity index (χ4n) is 12.2. The number of carbonyl (C=O) groups is 6. The standard InChI is InChI=1S/C37H35N5O6S.C20H22ClN3O3S.C17H14N2O3.Na.H/c1-41-21-25(17-30(41)35(43)40-24-10-11-33-23(14-24)16-34(49-33)37(45)47-3)38-12-6-7-13-48-32-19-28-27(18-31(32)46-2)36(44)42-26(20-39-28)15-22-8-4-5-9-29(22)42;1-24-12-15(22-8-4-3-7-21)11-16(24)19(25)23-14-5-6-17-13(9-14)10-18(28-17)20(26)27-2;1-22-15-6-12-13(7-14(15)20)18-9-19-8-10-4-2-3-5-11(10)16(19)17(12)21;;/h4-5,8-11,14,16-21,26,38H,6-7,12-13,15H2,1-3H3,(H,40,43);5-6,9-12,22H,3-4,7-8H2,1-2H3,(H,23,25);2-7,9,16,20H,8H2,1H3;;/q;;;+1;-1/t26-;;;;/m0..../s1. The summed E-state index contributed by atoms with van der Waals surface area (Å²) in [5.41, 5.74) is 10.3. The Balaban J connectivity index is 0.000000179. The van der Waals surface area contributed by atoms with Gasteiger partial charge in [0.1, 0.15) is 27.2 Å². The zero-order valence-corrected chi connectivity index (χ0v) is 60.4. The van der Waals surface area contributed by atoms with Crippen LogP contribution < -0.4 is 69.9 Å². The average molecular weight is 1420 g/mol. The molecule has 4 aliphatic heterocycles. The van der Waals surface area contributed by atoms with Crippen molar-refractivity contribution in [3.63, 3.8) is 0 Å². The Labute approximate surface area is 613 Å². The van der Waals surface area contributed by atoms with Crippen LogP contribution in [0.1, 0.15) is 111 Å². The molecule has 14 rings (SSSR count). The van der Waals surface area contributed by atoms with Crippen LogP contribution in [0.3, 0.4) is 0 Å². The van der Waals surface area contributed by atoms with Crippen molar-refractivity contribution in [1.82, 2.24) is 14.0 Å². The summed E-state index contributed by atoms with van der Waals surface area (Å²) >= 11 is 8.40. The van der Waals surface area contributed by atoms with Crippen LogP contribution in [0.25, 0.3) is 20.2 Å². The maximum atomic E-state index is 13.6. The molecule has 0 fully saturated rings. The molecule has 4 aliphatic rings. The molecule has 0 spiro atoms. The van der Waals surface area contributed by atoms with Gasteiger partial charge in [0, 0.05) is 109 Å². The second-order valence-corrected chi connectivity index (χ2v) is 26.2. The van der Waals surface area contributed by atoms with Gasteiger partial charge < -0.3 is 65.5 Å². The quantitative estimate of drug-likeness (QED) is 0.0206. The molecule has 2 atom stereocenters. The second kappa shape index (κ2) is 31.9. The van der Waals surface area contributed by atoms with E-state index in [1.165, 1.54) is 50.1 Å². The number of nitrogens with one attached hydrogen (secondary N) is 4. The summed E-state index contributed by atoms with van der Waals surface area (Å²) in [6.45, 7) is 2.61. The molecular weight excluding hydrogens is 1340 g/mol. The number of aliphatic imine (C=N–C) groups is 2. The summed E-state index contributed by atoms with van der Waals surface area (Å²) in [7, 11) is 9.41. The Morgan fingerprint density at radius 2 is 1.20 bits per heavy atom. The number of aromatic hydroxyl groups is 1. The third-order valence-corrected chi connectivity index (χ3v) is 19.6. The largest absolute Gasteiger partial charge is 1.00 e. The van der Waals surface area contributed by atoms with Crippen LogP contribution in [0, 0.1) is 0 Å². The third kappa shape index (κ3) is 15.6. The number of Topliss-reactive ketones (excluding diaryl/α,β-unsaturated/α-hetero) is 1. The molecule has 5 N–H and O–H groups in total. The van der Waals surface area contributed by atoms with Gasteiger partial charge in [-0.3, -0.25) is 29.1 Å². The van der Waals surface area contributed by atoms with Crippen molar-refractivity contribution in [2.24, 2.45) is 24.1 Å². The second-order valence-electron chi connectivity index (χ2n) is 23.7. The average Bonchev–Trinajstić information content (AvgIpc) is 1.63. The van der Waals surface area contributed by atoms with E-state index in [2.05, 4.69) is 37.3 Å². The molecule has 3 amide bonds. The van der Waals surface area contributed by atoms with Gasteiger partial charge in [-0.05, 0) is 132 Å². The topological polar surface area (TPSA) is 258 Å². The maximum absolute atomic E-state index is 13.6. The first kappa shape index (κ1) is 71.3. The normalized spacial score (nSPS) is 14.2. The minimum atomic E-state index is -0.380. The third-order valence-electron chi connectivity index (χ3n) is 17.2. The number of amides is 3. The summed E-state index contributed by atoms with van der Waals surface area (Å²) < 4.78 is 31.9. The van der Waals surface area contributed by atoms with Crippen molar-refractivity contribution in [3.05, 3.63) is 195 Å². The molecule has 0 bridgehead atoms. The Morgan fingerprint density at radius 1 is 0.630 bits per heavy atom. The Bertz CT molecular complexity index is 4840. The van der Waals surface area contributed by atoms with Crippen LogP contribution in [0.15, 0.2) is 156 Å². The molecule has 10 aromatic rings. The fraction of sp³-hybridized carbons (Fsp3) is 0.243. The van der Waals surface area contributed by atoms with E-state index in [0.717, 1.165) is 92.6 Å². The number of unbranched alkanes of at least 4 members (excludes halogenated alkanes) is 2. The molecule has 6 aromatic carbocycles. The minimum absolute atomic E-state index is 0. The number of hydrogen-bond donors (Lipinski definition) is 5. The predicted molar refractivity (Wildman–Crippen MR) is 390 cm³/mol. The number of hydrogen-bond acceptors (Lipinski definition) is 19. The van der Waals surface area contributed by atoms with Crippen LogP contribution in [0.5, 0.6) is 23.0 Å². The minimum Gasteiger partial charge on any atom is -1.00 e. The number of anilines is 5. The number of phenolic OH excluding ortho intramolecular Hbond substituents is 1. The Morgan fingerprint density at radius 3 is 1.80 bits per heavy atom. The molecule has 8 heterocycles. The first-order valence-corrected chi connectivity index (χ1v) is 34.1. The Hall–Kier alpha value is -9.95. The fourth-order valence-corrected chi connectivity index (χ4v) is 14.3. The summed E-state index contributed by atoms with van der Waals surface area (Å²) in [5.74, 6) is 0.638. The molecule has 0 aliphatic carbocycles. The SMILES string of the molecule is COC(=O)c1cc2cc(NC(=O)c3cc(NCCCCCl)cn3C)ccc2s1.COC(=O)c1cc2cc(NC(=O)c3cc(NCCCCOc4cc5c(cc4OC)C(=O)N4c6ccccc6C[C@H]4C=N5)cn3C)ccc2s1.COc1cc2c(cc1O)N=CN1Cc3ccccc3C1C2=O.[H-].[Na+]. The van der Waals surface area contributed by atoms with Crippen molar-refractivity contribution >= 4 is 142 Å². The number of ketones is 1. The molecule has 22 nitrogen and oxygen atoms in total. The van der Waals surface area contributed by atoms with E-state index in [1.54, 1.807) is 52.9 Å². The van der Waals surface area contributed by atoms with Crippen LogP contribution in [-0.2, 0) is 36.5 Å². The van der Waals surface area contributed by atoms with Crippen molar-refractivity contribution in [1.29, 1.82) is 0 Å². The van der Waals surface area contributed by atoms with E-state index in [9.17, 15) is 33.9 Å². The summed E-state index contributed by atoms with van der Waals surface area (Å²) in [4.78, 5) is 89.8. The number of esters is 2. The molecular formula is C74H72ClN10NaO12S2. The maximum Gasteiger partial charge on any atom is 1.00 e. The number of aromatic nitrogens is 2. The number of rotatable bonds is 20. The number of benzene rings is 6. The number of halogens is 1. The number of methoxy groups -OCH3 is 4. The van der Waals surface area contributed by atoms with E-state index >= 15 is 0 Å². The van der Waals surface area contributed by atoms with Gasteiger partial charge in [-0.1, -0.05) is 42.5 Å². The van der Waals surface area contributed by atoms with E-state index in [4.69, 9.17) is 35.3 Å². The number of phenols is 1. The number of aryl methyl sites for hydroxylation is 2. The zero-order valence-electron chi connectivity index (χ0n) is 57.1. The molecule has 510 valence electrons.